The predicted molar refractivity (Wildman–Crippen MR) is 95.3 cm³/mol. The SMILES string of the molecule is NC1=CC(N)C(Nc2ccc(O)cc2)=CC1=Nc1ccc(O)cc1. The second-order valence-electron chi connectivity index (χ2n) is 5.43. The number of hydrogen-bond acceptors (Lipinski definition) is 6. The maximum absolute atomic E-state index is 9.34. The van der Waals surface area contributed by atoms with Gasteiger partial charge in [-0.15, -0.1) is 0 Å². The molecule has 1 aliphatic carbocycles. The van der Waals surface area contributed by atoms with Gasteiger partial charge in [-0.05, 0) is 60.7 Å². The summed E-state index contributed by atoms with van der Waals surface area (Å²) in [5.74, 6) is 0.375. The fourth-order valence-corrected chi connectivity index (χ4v) is 2.29. The molecule has 0 spiro atoms. The van der Waals surface area contributed by atoms with Crippen LogP contribution in [-0.2, 0) is 0 Å². The van der Waals surface area contributed by atoms with E-state index in [1.165, 1.54) is 0 Å². The molecule has 24 heavy (non-hydrogen) atoms. The van der Waals surface area contributed by atoms with Crippen molar-refractivity contribution < 1.29 is 10.2 Å². The second-order valence-corrected chi connectivity index (χ2v) is 5.43. The Morgan fingerprint density at radius 2 is 1.50 bits per heavy atom. The number of nitrogens with zero attached hydrogens (tertiary/aromatic N) is 1. The Hall–Kier alpha value is -3.25. The van der Waals surface area contributed by atoms with E-state index >= 15 is 0 Å². The van der Waals surface area contributed by atoms with Crippen LogP contribution in [0.5, 0.6) is 11.5 Å². The molecule has 0 saturated carbocycles. The lowest BCUT2D eigenvalue weighted by Crippen LogP contribution is -2.31. The molecule has 0 amide bonds. The zero-order valence-electron chi connectivity index (χ0n) is 12.8. The average molecular weight is 322 g/mol. The van der Waals surface area contributed by atoms with Gasteiger partial charge in [-0.3, -0.25) is 0 Å². The summed E-state index contributed by atoms with van der Waals surface area (Å²) in [6, 6.07) is 12.8. The van der Waals surface area contributed by atoms with Gasteiger partial charge in [0.15, 0.2) is 0 Å². The van der Waals surface area contributed by atoms with Crippen LogP contribution >= 0.6 is 0 Å². The largest absolute Gasteiger partial charge is 0.508 e. The van der Waals surface area contributed by atoms with Gasteiger partial charge in [-0.2, -0.15) is 0 Å². The Labute approximate surface area is 139 Å². The van der Waals surface area contributed by atoms with Gasteiger partial charge < -0.3 is 27.0 Å². The van der Waals surface area contributed by atoms with Crippen LogP contribution in [0.2, 0.25) is 0 Å². The van der Waals surface area contributed by atoms with Crippen molar-refractivity contribution >= 4 is 17.1 Å². The van der Waals surface area contributed by atoms with Crippen molar-refractivity contribution in [2.75, 3.05) is 5.32 Å². The maximum Gasteiger partial charge on any atom is 0.115 e. The summed E-state index contributed by atoms with van der Waals surface area (Å²) >= 11 is 0. The number of nitrogens with one attached hydrogen (secondary N) is 1. The molecule has 0 radical (unpaired) electrons. The summed E-state index contributed by atoms with van der Waals surface area (Å²) in [5, 5.41) is 21.9. The minimum atomic E-state index is -0.377. The zero-order chi connectivity index (χ0) is 17.1. The van der Waals surface area contributed by atoms with E-state index in [9.17, 15) is 10.2 Å². The van der Waals surface area contributed by atoms with E-state index in [-0.39, 0.29) is 17.5 Å². The molecule has 0 saturated heterocycles. The van der Waals surface area contributed by atoms with Crippen LogP contribution < -0.4 is 16.8 Å². The first-order valence-corrected chi connectivity index (χ1v) is 7.40. The van der Waals surface area contributed by atoms with Crippen LogP contribution in [0.25, 0.3) is 0 Å². The number of aromatic hydroxyl groups is 2. The van der Waals surface area contributed by atoms with Crippen molar-refractivity contribution in [2.24, 2.45) is 16.5 Å². The first-order valence-electron chi connectivity index (χ1n) is 7.40. The summed E-state index contributed by atoms with van der Waals surface area (Å²) in [4.78, 5) is 4.48. The fraction of sp³-hybridized carbons (Fsp3) is 0.0556. The van der Waals surface area contributed by atoms with Gasteiger partial charge in [0, 0.05) is 11.4 Å². The Kier molecular flexibility index (Phi) is 4.22. The van der Waals surface area contributed by atoms with Crippen LogP contribution in [0.3, 0.4) is 0 Å². The van der Waals surface area contributed by atoms with Gasteiger partial charge in [0.25, 0.3) is 0 Å². The van der Waals surface area contributed by atoms with E-state index in [0.29, 0.717) is 17.1 Å². The summed E-state index contributed by atoms with van der Waals surface area (Å²) in [6.45, 7) is 0. The maximum atomic E-state index is 9.34. The van der Waals surface area contributed by atoms with E-state index in [0.717, 1.165) is 11.4 Å². The van der Waals surface area contributed by atoms with Crippen LogP contribution in [-0.4, -0.2) is 22.0 Å². The molecular formula is C18H18N4O2. The van der Waals surface area contributed by atoms with E-state index in [4.69, 9.17) is 11.5 Å². The van der Waals surface area contributed by atoms with Crippen LogP contribution in [0.4, 0.5) is 11.4 Å². The molecule has 1 atom stereocenters. The minimum Gasteiger partial charge on any atom is -0.508 e. The predicted octanol–water partition coefficient (Wildman–Crippen LogP) is 2.35. The molecule has 0 fully saturated rings. The van der Waals surface area contributed by atoms with Crippen molar-refractivity contribution in [1.82, 2.24) is 0 Å². The summed E-state index contributed by atoms with van der Waals surface area (Å²) in [6.07, 6.45) is 3.52. The molecule has 1 unspecified atom stereocenters. The van der Waals surface area contributed by atoms with Gasteiger partial charge in [-0.1, -0.05) is 0 Å². The molecule has 0 aromatic heterocycles. The molecule has 122 valence electrons. The van der Waals surface area contributed by atoms with Crippen molar-refractivity contribution in [3.05, 3.63) is 72.1 Å². The van der Waals surface area contributed by atoms with E-state index in [2.05, 4.69) is 10.3 Å². The third-order valence-electron chi connectivity index (χ3n) is 3.56. The molecule has 6 nitrogen and oxygen atoms in total. The van der Waals surface area contributed by atoms with Gasteiger partial charge in [-0.25, -0.2) is 4.99 Å². The first-order chi connectivity index (χ1) is 11.5. The van der Waals surface area contributed by atoms with Crippen LogP contribution in [0.1, 0.15) is 0 Å². The molecule has 7 N–H and O–H groups in total. The first kappa shape index (κ1) is 15.6. The molecule has 1 aliphatic rings. The standard InChI is InChI=1S/C18H18N4O2/c19-15-9-16(20)18(22-12-3-7-14(24)8-4-12)10-17(15)21-11-1-5-13(23)6-2-11/h1-10,15,21,23-24H,19-20H2. The summed E-state index contributed by atoms with van der Waals surface area (Å²) in [7, 11) is 0. The molecule has 2 aromatic rings. The fourth-order valence-electron chi connectivity index (χ4n) is 2.29. The molecule has 3 rings (SSSR count). The highest BCUT2D eigenvalue weighted by molar-refractivity contribution is 6.10. The number of nitrogens with two attached hydrogens (primary N) is 2. The van der Waals surface area contributed by atoms with E-state index < -0.39 is 0 Å². The second kappa shape index (κ2) is 6.47. The normalized spacial score (nSPS) is 18.9. The number of phenols is 2. The molecule has 2 aromatic carbocycles. The van der Waals surface area contributed by atoms with Crippen LogP contribution in [0, 0.1) is 0 Å². The van der Waals surface area contributed by atoms with Crippen molar-refractivity contribution in [3.8, 4) is 11.5 Å². The van der Waals surface area contributed by atoms with Crippen molar-refractivity contribution in [3.63, 3.8) is 0 Å². The number of benzene rings is 2. The lowest BCUT2D eigenvalue weighted by Gasteiger charge is -2.21. The Bertz CT molecular complexity index is 821. The summed E-state index contributed by atoms with van der Waals surface area (Å²) < 4.78 is 0. The van der Waals surface area contributed by atoms with Gasteiger partial charge in [0.2, 0.25) is 0 Å². The minimum absolute atomic E-state index is 0.179. The number of rotatable bonds is 3. The molecule has 0 aliphatic heterocycles. The lowest BCUT2D eigenvalue weighted by molar-refractivity contribution is 0.475. The van der Waals surface area contributed by atoms with Gasteiger partial charge in [0.05, 0.1) is 23.1 Å². The highest BCUT2D eigenvalue weighted by Crippen LogP contribution is 2.22. The Balaban J connectivity index is 1.88. The van der Waals surface area contributed by atoms with Crippen LogP contribution in [0.15, 0.2) is 77.1 Å². The molecule has 6 heteroatoms. The van der Waals surface area contributed by atoms with Gasteiger partial charge >= 0.3 is 0 Å². The molecular weight excluding hydrogens is 304 g/mol. The quantitative estimate of drug-likeness (QED) is 0.556. The van der Waals surface area contributed by atoms with E-state index in [1.54, 1.807) is 60.7 Å². The Morgan fingerprint density at radius 1 is 0.917 bits per heavy atom. The third kappa shape index (κ3) is 3.56. The lowest BCUT2D eigenvalue weighted by atomic mass is 10.0. The van der Waals surface area contributed by atoms with E-state index in [1.807, 2.05) is 0 Å². The number of phenolic OH excluding ortho intramolecular Hbond substituents is 2. The van der Waals surface area contributed by atoms with Gasteiger partial charge in [0.1, 0.15) is 11.5 Å². The molecule has 0 heterocycles. The number of hydrogen-bond donors (Lipinski definition) is 5. The van der Waals surface area contributed by atoms with Crippen molar-refractivity contribution in [1.29, 1.82) is 0 Å². The summed E-state index contributed by atoms with van der Waals surface area (Å²) in [5.41, 5.74) is 15.4. The number of aliphatic imine (C=N–C) groups is 1. The Morgan fingerprint density at radius 3 is 2.12 bits per heavy atom. The third-order valence-corrected chi connectivity index (χ3v) is 3.56. The average Bonchev–Trinajstić information content (AvgIpc) is 2.56. The molecule has 0 bridgehead atoms. The monoisotopic (exact) mass is 322 g/mol. The van der Waals surface area contributed by atoms with Crippen molar-refractivity contribution in [2.45, 2.75) is 6.04 Å². The smallest absolute Gasteiger partial charge is 0.115 e. The zero-order valence-corrected chi connectivity index (χ0v) is 12.8. The topological polar surface area (TPSA) is 117 Å². The number of anilines is 1. The highest BCUT2D eigenvalue weighted by Gasteiger charge is 2.17. The highest BCUT2D eigenvalue weighted by atomic mass is 16.3. The number of allylic oxidation sites excluding steroid dienone is 1.